The number of anilines is 1. The van der Waals surface area contributed by atoms with Gasteiger partial charge in [0, 0.05) is 31.3 Å². The molecule has 1 atom stereocenters. The monoisotopic (exact) mass is 496 g/mol. The summed E-state index contributed by atoms with van der Waals surface area (Å²) in [5.74, 6) is 1.59. The lowest BCUT2D eigenvalue weighted by Crippen LogP contribution is -2.16. The van der Waals surface area contributed by atoms with Crippen molar-refractivity contribution in [2.75, 3.05) is 18.6 Å². The summed E-state index contributed by atoms with van der Waals surface area (Å²) in [6, 6.07) is 24.7. The van der Waals surface area contributed by atoms with E-state index in [0.29, 0.717) is 18.9 Å². The summed E-state index contributed by atoms with van der Waals surface area (Å²) < 4.78 is 12.1. The molecule has 1 heterocycles. The minimum absolute atomic E-state index is 0.106. The Hall–Kier alpha value is -4.06. The number of aromatic nitrogens is 1. The SMILES string of the molecule is Cc1oc(-c2cccc(N(C)Cc3ccccc3)c2)nc1CCOc1ccc2c(c1)CC[C@H]2CC(=O)O. The predicted octanol–water partition coefficient (Wildman–Crippen LogP) is 6.41. The normalized spacial score (nSPS) is 14.4. The van der Waals surface area contributed by atoms with Crippen molar-refractivity contribution in [2.45, 2.75) is 45.1 Å². The lowest BCUT2D eigenvalue weighted by atomic mass is 9.98. The van der Waals surface area contributed by atoms with Gasteiger partial charge in [0.05, 0.1) is 18.7 Å². The fourth-order valence-corrected chi connectivity index (χ4v) is 5.07. The second kappa shape index (κ2) is 10.9. The molecule has 0 amide bonds. The topological polar surface area (TPSA) is 75.8 Å². The number of hydrogen-bond acceptors (Lipinski definition) is 5. The van der Waals surface area contributed by atoms with Gasteiger partial charge in [0.15, 0.2) is 0 Å². The Kier molecular flexibility index (Phi) is 7.26. The number of rotatable bonds is 10. The van der Waals surface area contributed by atoms with Gasteiger partial charge in [0.25, 0.3) is 0 Å². The minimum atomic E-state index is -0.744. The van der Waals surface area contributed by atoms with E-state index in [1.807, 2.05) is 37.3 Å². The Morgan fingerprint density at radius 3 is 2.76 bits per heavy atom. The van der Waals surface area contributed by atoms with Crippen LogP contribution in [0.2, 0.25) is 0 Å². The molecule has 1 aliphatic carbocycles. The first-order valence-corrected chi connectivity index (χ1v) is 12.8. The lowest BCUT2D eigenvalue weighted by molar-refractivity contribution is -0.137. The third-order valence-corrected chi connectivity index (χ3v) is 7.03. The number of oxazole rings is 1. The zero-order valence-electron chi connectivity index (χ0n) is 21.3. The first kappa shape index (κ1) is 24.6. The number of fused-ring (bicyclic) bond motifs is 1. The van der Waals surface area contributed by atoms with Gasteiger partial charge in [-0.05, 0) is 72.7 Å². The summed E-state index contributed by atoms with van der Waals surface area (Å²) in [5.41, 5.74) is 6.53. The van der Waals surface area contributed by atoms with Crippen LogP contribution in [-0.2, 0) is 24.2 Å². The summed E-state index contributed by atoms with van der Waals surface area (Å²) in [7, 11) is 2.08. The first-order chi connectivity index (χ1) is 18.0. The molecule has 6 heteroatoms. The van der Waals surface area contributed by atoms with Gasteiger partial charge in [-0.2, -0.15) is 0 Å². The third-order valence-electron chi connectivity index (χ3n) is 7.03. The molecule has 0 unspecified atom stereocenters. The molecule has 0 bridgehead atoms. The molecule has 3 aromatic carbocycles. The largest absolute Gasteiger partial charge is 0.493 e. The van der Waals surface area contributed by atoms with Gasteiger partial charge in [-0.15, -0.1) is 0 Å². The molecule has 6 nitrogen and oxygen atoms in total. The second-order valence-electron chi connectivity index (χ2n) is 9.71. The number of hydrogen-bond donors (Lipinski definition) is 1. The second-order valence-corrected chi connectivity index (χ2v) is 9.71. The molecule has 0 spiro atoms. The molecule has 0 aliphatic heterocycles. The molecular formula is C31H32N2O4. The number of ether oxygens (including phenoxy) is 1. The van der Waals surface area contributed by atoms with Gasteiger partial charge in [-0.25, -0.2) is 4.98 Å². The van der Waals surface area contributed by atoms with Crippen molar-refractivity contribution in [3.8, 4) is 17.2 Å². The molecule has 5 rings (SSSR count). The number of carboxylic acids is 1. The van der Waals surface area contributed by atoms with Crippen LogP contribution in [-0.4, -0.2) is 29.7 Å². The van der Waals surface area contributed by atoms with Gasteiger partial charge in [0.2, 0.25) is 5.89 Å². The highest BCUT2D eigenvalue weighted by Crippen LogP contribution is 2.37. The van der Waals surface area contributed by atoms with Crippen molar-refractivity contribution in [1.29, 1.82) is 0 Å². The highest BCUT2D eigenvalue weighted by molar-refractivity contribution is 5.68. The van der Waals surface area contributed by atoms with Crippen LogP contribution in [0.5, 0.6) is 5.75 Å². The number of carboxylic acid groups (broad SMARTS) is 1. The van der Waals surface area contributed by atoms with E-state index >= 15 is 0 Å². The molecule has 4 aromatic rings. The van der Waals surface area contributed by atoms with Crippen LogP contribution in [0.1, 0.15) is 46.9 Å². The van der Waals surface area contributed by atoms with Gasteiger partial charge in [0.1, 0.15) is 11.5 Å². The van der Waals surface area contributed by atoms with Gasteiger partial charge in [-0.3, -0.25) is 4.79 Å². The highest BCUT2D eigenvalue weighted by atomic mass is 16.5. The Bertz CT molecular complexity index is 1380. The molecular weight excluding hydrogens is 464 g/mol. The fraction of sp³-hybridized carbons (Fsp3) is 0.290. The average molecular weight is 497 g/mol. The van der Waals surface area contributed by atoms with E-state index in [2.05, 4.69) is 54.4 Å². The zero-order chi connectivity index (χ0) is 25.8. The maximum absolute atomic E-state index is 11.1. The number of nitrogens with zero attached hydrogens (tertiary/aromatic N) is 2. The van der Waals surface area contributed by atoms with Crippen molar-refractivity contribution in [1.82, 2.24) is 4.98 Å². The lowest BCUT2D eigenvalue weighted by Gasteiger charge is -2.19. The molecule has 190 valence electrons. The molecule has 0 radical (unpaired) electrons. The van der Waals surface area contributed by atoms with E-state index in [9.17, 15) is 4.79 Å². The van der Waals surface area contributed by atoms with Gasteiger partial charge >= 0.3 is 5.97 Å². The Morgan fingerprint density at radius 1 is 1.11 bits per heavy atom. The predicted molar refractivity (Wildman–Crippen MR) is 144 cm³/mol. The van der Waals surface area contributed by atoms with E-state index in [4.69, 9.17) is 19.2 Å². The van der Waals surface area contributed by atoms with Crippen molar-refractivity contribution >= 4 is 11.7 Å². The summed E-state index contributed by atoms with van der Waals surface area (Å²) in [6.45, 7) is 3.25. The van der Waals surface area contributed by atoms with E-state index in [1.165, 1.54) is 11.1 Å². The van der Waals surface area contributed by atoms with Crippen LogP contribution in [0.4, 0.5) is 5.69 Å². The summed E-state index contributed by atoms with van der Waals surface area (Å²) in [5, 5.41) is 9.13. The minimum Gasteiger partial charge on any atom is -0.493 e. The standard InChI is InChI=1S/C31H32N2O4/c1-21-29(15-16-36-27-13-14-28-23(18-27)11-12-24(28)19-30(34)35)32-31(37-21)25-9-6-10-26(17-25)33(2)20-22-7-4-3-5-8-22/h3-10,13-14,17-18,24H,11-12,15-16,19-20H2,1-2H3,(H,34,35)/t24-/m0/s1. The van der Waals surface area contributed by atoms with Crippen LogP contribution in [0, 0.1) is 6.92 Å². The smallest absolute Gasteiger partial charge is 0.303 e. The molecule has 37 heavy (non-hydrogen) atoms. The Labute approximate surface area is 217 Å². The molecule has 0 saturated heterocycles. The van der Waals surface area contributed by atoms with Crippen LogP contribution < -0.4 is 9.64 Å². The zero-order valence-corrected chi connectivity index (χ0v) is 21.3. The average Bonchev–Trinajstić information content (AvgIpc) is 3.47. The molecule has 0 fully saturated rings. The number of aliphatic carboxylic acids is 1. The summed E-state index contributed by atoms with van der Waals surface area (Å²) in [6.07, 6.45) is 2.61. The van der Waals surface area contributed by atoms with E-state index in [1.54, 1.807) is 0 Å². The van der Waals surface area contributed by atoms with Gasteiger partial charge < -0.3 is 19.2 Å². The Morgan fingerprint density at radius 2 is 1.95 bits per heavy atom. The molecule has 1 aromatic heterocycles. The molecule has 1 N–H and O–H groups in total. The van der Waals surface area contributed by atoms with Crippen molar-refractivity contribution < 1.29 is 19.1 Å². The third kappa shape index (κ3) is 5.85. The Balaban J connectivity index is 1.21. The first-order valence-electron chi connectivity index (χ1n) is 12.8. The van der Waals surface area contributed by atoms with E-state index in [-0.39, 0.29) is 12.3 Å². The maximum Gasteiger partial charge on any atom is 0.303 e. The van der Waals surface area contributed by atoms with Gasteiger partial charge in [-0.1, -0.05) is 42.5 Å². The van der Waals surface area contributed by atoms with Crippen molar-refractivity contribution in [3.05, 3.63) is 101 Å². The van der Waals surface area contributed by atoms with Crippen LogP contribution in [0.15, 0.2) is 77.2 Å². The maximum atomic E-state index is 11.1. The van der Waals surface area contributed by atoms with Crippen LogP contribution >= 0.6 is 0 Å². The fourth-order valence-electron chi connectivity index (χ4n) is 5.07. The van der Waals surface area contributed by atoms with E-state index < -0.39 is 5.97 Å². The highest BCUT2D eigenvalue weighted by Gasteiger charge is 2.25. The van der Waals surface area contributed by atoms with E-state index in [0.717, 1.165) is 53.4 Å². The summed E-state index contributed by atoms with van der Waals surface area (Å²) in [4.78, 5) is 18.1. The van der Waals surface area contributed by atoms with Crippen LogP contribution in [0.3, 0.4) is 0 Å². The molecule has 1 aliphatic rings. The molecule has 0 saturated carbocycles. The number of aryl methyl sites for hydroxylation is 2. The van der Waals surface area contributed by atoms with Crippen molar-refractivity contribution in [2.24, 2.45) is 0 Å². The van der Waals surface area contributed by atoms with Crippen LogP contribution in [0.25, 0.3) is 11.5 Å². The summed E-state index contributed by atoms with van der Waals surface area (Å²) >= 11 is 0. The number of carbonyl (C=O) groups is 1. The quantitative estimate of drug-likeness (QED) is 0.273. The number of benzene rings is 3. The van der Waals surface area contributed by atoms with Crippen molar-refractivity contribution in [3.63, 3.8) is 0 Å².